The van der Waals surface area contributed by atoms with E-state index in [4.69, 9.17) is 4.52 Å². The summed E-state index contributed by atoms with van der Waals surface area (Å²) in [6, 6.07) is 7.73. The molecule has 2 aromatic heterocycles. The molecule has 0 radical (unpaired) electrons. The molecule has 0 atom stereocenters. The summed E-state index contributed by atoms with van der Waals surface area (Å²) in [5.74, 6) is 1.76. The zero-order chi connectivity index (χ0) is 14.7. The molecule has 1 aromatic carbocycles. The Morgan fingerprint density at radius 3 is 2.81 bits per heavy atom. The van der Waals surface area contributed by atoms with Gasteiger partial charge in [-0.1, -0.05) is 28.0 Å². The number of benzene rings is 1. The predicted octanol–water partition coefficient (Wildman–Crippen LogP) is 2.49. The topological polar surface area (TPSA) is 82.5 Å². The molecule has 0 aliphatic carbocycles. The summed E-state index contributed by atoms with van der Waals surface area (Å²) in [5, 5.41) is 16.3. The van der Waals surface area contributed by atoms with Gasteiger partial charge in [-0.2, -0.15) is 9.78 Å². The van der Waals surface area contributed by atoms with Gasteiger partial charge in [0.2, 0.25) is 11.7 Å². The van der Waals surface area contributed by atoms with E-state index in [9.17, 15) is 0 Å². The van der Waals surface area contributed by atoms with Crippen LogP contribution in [0, 0.1) is 0 Å². The van der Waals surface area contributed by atoms with Gasteiger partial charge in [-0.15, -0.1) is 10.2 Å². The minimum Gasteiger partial charge on any atom is -0.339 e. The molecule has 21 heavy (non-hydrogen) atoms. The van der Waals surface area contributed by atoms with Gasteiger partial charge in [-0.25, -0.2) is 0 Å². The zero-order valence-corrected chi connectivity index (χ0v) is 13.0. The Kier molecular flexibility index (Phi) is 4.05. The first kappa shape index (κ1) is 13.9. The molecule has 7 nitrogen and oxygen atoms in total. The molecule has 0 bridgehead atoms. The largest absolute Gasteiger partial charge is 0.339 e. The van der Waals surface area contributed by atoms with Crippen molar-refractivity contribution in [3.8, 4) is 11.4 Å². The van der Waals surface area contributed by atoms with Gasteiger partial charge in [0.15, 0.2) is 5.82 Å². The molecule has 0 spiro atoms. The van der Waals surface area contributed by atoms with E-state index in [1.54, 1.807) is 0 Å². The minimum atomic E-state index is 0.344. The lowest BCUT2D eigenvalue weighted by molar-refractivity contribution is 0.369. The Bertz CT molecular complexity index is 720. The minimum absolute atomic E-state index is 0.344. The third-order valence-electron chi connectivity index (χ3n) is 2.81. The molecule has 3 rings (SSSR count). The fraction of sp³-hybridized carbons (Fsp3) is 0.308. The molecule has 0 N–H and O–H groups in total. The van der Waals surface area contributed by atoms with Gasteiger partial charge in [0.1, 0.15) is 6.54 Å². The van der Waals surface area contributed by atoms with Crippen LogP contribution < -0.4 is 0 Å². The predicted molar refractivity (Wildman–Crippen MR) is 78.3 cm³/mol. The Morgan fingerprint density at radius 2 is 2.05 bits per heavy atom. The average molecular weight is 349 g/mol. The molecule has 3 aromatic rings. The highest BCUT2D eigenvalue weighted by molar-refractivity contribution is 9.10. The van der Waals surface area contributed by atoms with Crippen LogP contribution in [-0.4, -0.2) is 30.3 Å². The summed E-state index contributed by atoms with van der Waals surface area (Å²) >= 11 is 3.39. The molecule has 0 unspecified atom stereocenters. The standard InChI is InChI=1S/C13H13BrN6O/c1-2-3-12-15-11(18-21-12)8-20-17-13(16-19-20)9-4-6-10(14)7-5-9/h4-7H,2-3,8H2,1H3. The zero-order valence-electron chi connectivity index (χ0n) is 11.4. The van der Waals surface area contributed by atoms with Gasteiger partial charge >= 0.3 is 0 Å². The number of hydrogen-bond acceptors (Lipinski definition) is 6. The molecular weight excluding hydrogens is 336 g/mol. The van der Waals surface area contributed by atoms with Gasteiger partial charge < -0.3 is 4.52 Å². The highest BCUT2D eigenvalue weighted by atomic mass is 79.9. The number of tetrazole rings is 1. The number of nitrogens with zero attached hydrogens (tertiary/aromatic N) is 6. The summed E-state index contributed by atoms with van der Waals surface area (Å²) in [4.78, 5) is 5.73. The lowest BCUT2D eigenvalue weighted by atomic mass is 10.2. The summed E-state index contributed by atoms with van der Waals surface area (Å²) < 4.78 is 6.13. The smallest absolute Gasteiger partial charge is 0.226 e. The maximum Gasteiger partial charge on any atom is 0.226 e. The highest BCUT2D eigenvalue weighted by Crippen LogP contribution is 2.17. The van der Waals surface area contributed by atoms with Crippen LogP contribution in [0.1, 0.15) is 25.1 Å². The third kappa shape index (κ3) is 3.33. The van der Waals surface area contributed by atoms with E-state index in [2.05, 4.69) is 48.4 Å². The van der Waals surface area contributed by atoms with Crippen LogP contribution in [-0.2, 0) is 13.0 Å². The second-order valence-electron chi connectivity index (χ2n) is 4.50. The van der Waals surface area contributed by atoms with Crippen molar-refractivity contribution in [3.05, 3.63) is 40.5 Å². The lowest BCUT2D eigenvalue weighted by Gasteiger charge is -1.94. The van der Waals surface area contributed by atoms with Crippen molar-refractivity contribution in [1.82, 2.24) is 30.3 Å². The molecule has 108 valence electrons. The summed E-state index contributed by atoms with van der Waals surface area (Å²) in [5.41, 5.74) is 0.907. The molecule has 8 heteroatoms. The van der Waals surface area contributed by atoms with Crippen LogP contribution >= 0.6 is 15.9 Å². The first-order valence-electron chi connectivity index (χ1n) is 6.60. The molecule has 0 aliphatic heterocycles. The molecule has 0 amide bonds. The van der Waals surface area contributed by atoms with E-state index in [-0.39, 0.29) is 0 Å². The second kappa shape index (κ2) is 6.13. The van der Waals surface area contributed by atoms with Crippen LogP contribution in [0.3, 0.4) is 0 Å². The fourth-order valence-electron chi connectivity index (χ4n) is 1.82. The van der Waals surface area contributed by atoms with E-state index in [0.717, 1.165) is 22.9 Å². The molecule has 2 heterocycles. The molecule has 0 aliphatic rings. The maximum absolute atomic E-state index is 5.13. The summed E-state index contributed by atoms with van der Waals surface area (Å²) in [6.45, 7) is 2.41. The van der Waals surface area contributed by atoms with Gasteiger partial charge in [0.25, 0.3) is 0 Å². The van der Waals surface area contributed by atoms with E-state index >= 15 is 0 Å². The SMILES string of the molecule is CCCc1nc(Cn2nnc(-c3ccc(Br)cc3)n2)no1. The van der Waals surface area contributed by atoms with E-state index < -0.39 is 0 Å². The van der Waals surface area contributed by atoms with Gasteiger partial charge in [0.05, 0.1) is 0 Å². The number of halogens is 1. The highest BCUT2D eigenvalue weighted by Gasteiger charge is 2.10. The van der Waals surface area contributed by atoms with Crippen molar-refractivity contribution < 1.29 is 4.52 Å². The van der Waals surface area contributed by atoms with Gasteiger partial charge in [0, 0.05) is 16.5 Å². The van der Waals surface area contributed by atoms with Crippen LogP contribution in [0.15, 0.2) is 33.3 Å². The third-order valence-corrected chi connectivity index (χ3v) is 3.34. The quantitative estimate of drug-likeness (QED) is 0.704. The Morgan fingerprint density at radius 1 is 1.24 bits per heavy atom. The van der Waals surface area contributed by atoms with Crippen molar-refractivity contribution in [3.63, 3.8) is 0 Å². The Hall–Kier alpha value is -2.09. The normalized spacial score (nSPS) is 11.0. The van der Waals surface area contributed by atoms with E-state index in [1.807, 2.05) is 24.3 Å². The van der Waals surface area contributed by atoms with Crippen LogP contribution in [0.5, 0.6) is 0 Å². The summed E-state index contributed by atoms with van der Waals surface area (Å²) in [6.07, 6.45) is 1.75. The van der Waals surface area contributed by atoms with Gasteiger partial charge in [-0.05, 0) is 35.9 Å². The van der Waals surface area contributed by atoms with Crippen molar-refractivity contribution >= 4 is 15.9 Å². The number of aromatic nitrogens is 6. The maximum atomic E-state index is 5.13. The van der Waals surface area contributed by atoms with Crippen molar-refractivity contribution in [2.75, 3.05) is 0 Å². The lowest BCUT2D eigenvalue weighted by Crippen LogP contribution is -2.05. The van der Waals surface area contributed by atoms with Crippen molar-refractivity contribution in [1.29, 1.82) is 0 Å². The number of aryl methyl sites for hydroxylation is 1. The monoisotopic (exact) mass is 348 g/mol. The fourth-order valence-corrected chi connectivity index (χ4v) is 2.09. The number of rotatable bonds is 5. The molecule has 0 saturated carbocycles. The summed E-state index contributed by atoms with van der Waals surface area (Å²) in [7, 11) is 0. The van der Waals surface area contributed by atoms with Crippen LogP contribution in [0.2, 0.25) is 0 Å². The van der Waals surface area contributed by atoms with Crippen molar-refractivity contribution in [2.45, 2.75) is 26.3 Å². The van der Waals surface area contributed by atoms with E-state index in [0.29, 0.717) is 24.1 Å². The molecule has 0 saturated heterocycles. The Labute approximate surface area is 129 Å². The first-order chi connectivity index (χ1) is 10.2. The average Bonchev–Trinajstić information content (AvgIpc) is 3.11. The van der Waals surface area contributed by atoms with Crippen molar-refractivity contribution in [2.24, 2.45) is 0 Å². The first-order valence-corrected chi connectivity index (χ1v) is 7.39. The molecule has 0 fully saturated rings. The second-order valence-corrected chi connectivity index (χ2v) is 5.42. The molecular formula is C13H13BrN6O. The number of hydrogen-bond donors (Lipinski definition) is 0. The Balaban J connectivity index is 1.73. The van der Waals surface area contributed by atoms with Crippen LogP contribution in [0.4, 0.5) is 0 Å². The van der Waals surface area contributed by atoms with Crippen LogP contribution in [0.25, 0.3) is 11.4 Å². The van der Waals surface area contributed by atoms with E-state index in [1.165, 1.54) is 4.80 Å². The van der Waals surface area contributed by atoms with Gasteiger partial charge in [-0.3, -0.25) is 0 Å².